The van der Waals surface area contributed by atoms with Gasteiger partial charge in [-0.2, -0.15) is 4.98 Å². The number of ether oxygens (including phenoxy) is 1. The standard InChI is InChI=1S/C12H12BrN3O/c1-8-15-11(14-2)7-12(16-8)17-10-5-3-9(13)4-6-10/h3-7H,1-2H3,(H,14,15,16). The van der Waals surface area contributed by atoms with Gasteiger partial charge in [0.2, 0.25) is 5.88 Å². The Morgan fingerprint density at radius 3 is 2.53 bits per heavy atom. The van der Waals surface area contributed by atoms with Gasteiger partial charge in [0.15, 0.2) is 0 Å². The Labute approximate surface area is 108 Å². The number of anilines is 1. The molecule has 17 heavy (non-hydrogen) atoms. The zero-order valence-corrected chi connectivity index (χ0v) is 11.2. The highest BCUT2D eigenvalue weighted by atomic mass is 79.9. The summed E-state index contributed by atoms with van der Waals surface area (Å²) in [7, 11) is 1.81. The lowest BCUT2D eigenvalue weighted by Gasteiger charge is -2.07. The minimum absolute atomic E-state index is 0.532. The number of nitrogens with one attached hydrogen (secondary N) is 1. The monoisotopic (exact) mass is 293 g/mol. The van der Waals surface area contributed by atoms with Crippen LogP contribution in [0, 0.1) is 6.92 Å². The third-order valence-electron chi connectivity index (χ3n) is 2.11. The summed E-state index contributed by atoms with van der Waals surface area (Å²) >= 11 is 3.37. The van der Waals surface area contributed by atoms with Crippen LogP contribution in [0.4, 0.5) is 5.82 Å². The summed E-state index contributed by atoms with van der Waals surface area (Å²) in [4.78, 5) is 8.41. The van der Waals surface area contributed by atoms with Gasteiger partial charge in [-0.3, -0.25) is 0 Å². The fourth-order valence-corrected chi connectivity index (χ4v) is 1.61. The van der Waals surface area contributed by atoms with Gasteiger partial charge in [-0.05, 0) is 31.2 Å². The summed E-state index contributed by atoms with van der Waals surface area (Å²) in [5, 5.41) is 2.96. The minimum atomic E-state index is 0.532. The number of rotatable bonds is 3. The molecule has 4 nitrogen and oxygen atoms in total. The number of benzene rings is 1. The molecule has 0 bridgehead atoms. The molecule has 1 heterocycles. The van der Waals surface area contributed by atoms with Crippen molar-refractivity contribution < 1.29 is 4.74 Å². The maximum absolute atomic E-state index is 5.64. The van der Waals surface area contributed by atoms with Crippen LogP contribution in [0.25, 0.3) is 0 Å². The van der Waals surface area contributed by atoms with Gasteiger partial charge in [0.25, 0.3) is 0 Å². The van der Waals surface area contributed by atoms with Crippen molar-refractivity contribution in [2.45, 2.75) is 6.92 Å². The van der Waals surface area contributed by atoms with Crippen LogP contribution in [0.2, 0.25) is 0 Å². The molecule has 1 aromatic carbocycles. The molecule has 2 rings (SSSR count). The zero-order valence-electron chi connectivity index (χ0n) is 9.57. The van der Waals surface area contributed by atoms with E-state index in [2.05, 4.69) is 31.2 Å². The topological polar surface area (TPSA) is 47.0 Å². The van der Waals surface area contributed by atoms with E-state index in [1.54, 1.807) is 6.07 Å². The van der Waals surface area contributed by atoms with Gasteiger partial charge in [-0.1, -0.05) is 15.9 Å². The van der Waals surface area contributed by atoms with Gasteiger partial charge in [-0.15, -0.1) is 0 Å². The van der Waals surface area contributed by atoms with Crippen molar-refractivity contribution in [1.29, 1.82) is 0 Å². The number of aryl methyl sites for hydroxylation is 1. The molecule has 1 aromatic heterocycles. The summed E-state index contributed by atoms with van der Waals surface area (Å²) in [5.74, 6) is 2.69. The van der Waals surface area contributed by atoms with Crippen LogP contribution in [-0.4, -0.2) is 17.0 Å². The maximum atomic E-state index is 5.64. The lowest BCUT2D eigenvalue weighted by molar-refractivity contribution is 0.460. The number of hydrogen-bond donors (Lipinski definition) is 1. The lowest BCUT2D eigenvalue weighted by Crippen LogP contribution is -1.98. The van der Waals surface area contributed by atoms with E-state index in [0.29, 0.717) is 11.7 Å². The Bertz CT molecular complexity index is 514. The molecule has 0 spiro atoms. The summed E-state index contributed by atoms with van der Waals surface area (Å²) in [6.07, 6.45) is 0. The van der Waals surface area contributed by atoms with Gasteiger partial charge < -0.3 is 10.1 Å². The molecule has 88 valence electrons. The van der Waals surface area contributed by atoms with E-state index in [-0.39, 0.29) is 0 Å². The maximum Gasteiger partial charge on any atom is 0.224 e. The van der Waals surface area contributed by atoms with Crippen molar-refractivity contribution in [1.82, 2.24) is 9.97 Å². The van der Waals surface area contributed by atoms with Crippen molar-refractivity contribution in [2.24, 2.45) is 0 Å². The molecule has 0 saturated heterocycles. The van der Waals surface area contributed by atoms with Crippen molar-refractivity contribution >= 4 is 21.7 Å². The Morgan fingerprint density at radius 1 is 1.18 bits per heavy atom. The number of nitrogens with zero attached hydrogens (tertiary/aromatic N) is 2. The summed E-state index contributed by atoms with van der Waals surface area (Å²) in [6.45, 7) is 1.83. The van der Waals surface area contributed by atoms with Gasteiger partial charge in [-0.25, -0.2) is 4.98 Å². The van der Waals surface area contributed by atoms with E-state index in [0.717, 1.165) is 16.0 Å². The first kappa shape index (κ1) is 11.9. The number of aromatic nitrogens is 2. The highest BCUT2D eigenvalue weighted by Gasteiger charge is 2.03. The predicted molar refractivity (Wildman–Crippen MR) is 70.5 cm³/mol. The Morgan fingerprint density at radius 2 is 1.88 bits per heavy atom. The van der Waals surface area contributed by atoms with Crippen LogP contribution in [0.5, 0.6) is 11.6 Å². The van der Waals surface area contributed by atoms with Crippen molar-refractivity contribution in [3.05, 3.63) is 40.6 Å². The Balaban J connectivity index is 2.23. The second-order valence-corrected chi connectivity index (χ2v) is 4.36. The van der Waals surface area contributed by atoms with Crippen LogP contribution in [0.1, 0.15) is 5.82 Å². The van der Waals surface area contributed by atoms with Crippen molar-refractivity contribution in [3.63, 3.8) is 0 Å². The van der Waals surface area contributed by atoms with Crippen molar-refractivity contribution in [3.8, 4) is 11.6 Å². The minimum Gasteiger partial charge on any atom is -0.439 e. The lowest BCUT2D eigenvalue weighted by atomic mass is 10.3. The van der Waals surface area contributed by atoms with Crippen LogP contribution in [0.3, 0.4) is 0 Å². The van der Waals surface area contributed by atoms with E-state index >= 15 is 0 Å². The van der Waals surface area contributed by atoms with Gasteiger partial charge >= 0.3 is 0 Å². The first-order valence-corrected chi connectivity index (χ1v) is 5.93. The van der Waals surface area contributed by atoms with E-state index in [1.807, 2.05) is 38.2 Å². The summed E-state index contributed by atoms with van der Waals surface area (Å²) in [5.41, 5.74) is 0. The third-order valence-corrected chi connectivity index (χ3v) is 2.64. The molecule has 0 amide bonds. The second-order valence-electron chi connectivity index (χ2n) is 3.44. The number of halogens is 1. The highest BCUT2D eigenvalue weighted by molar-refractivity contribution is 9.10. The normalized spacial score (nSPS) is 10.1. The molecule has 5 heteroatoms. The van der Waals surface area contributed by atoms with Crippen LogP contribution >= 0.6 is 15.9 Å². The smallest absolute Gasteiger partial charge is 0.224 e. The first-order valence-electron chi connectivity index (χ1n) is 5.14. The fraction of sp³-hybridized carbons (Fsp3) is 0.167. The average Bonchev–Trinajstić information content (AvgIpc) is 2.31. The van der Waals surface area contributed by atoms with E-state index < -0.39 is 0 Å². The first-order chi connectivity index (χ1) is 8.17. The summed E-state index contributed by atoms with van der Waals surface area (Å²) < 4.78 is 6.66. The van der Waals surface area contributed by atoms with Crippen LogP contribution in [0.15, 0.2) is 34.8 Å². The van der Waals surface area contributed by atoms with E-state index in [1.165, 1.54) is 0 Å². The SMILES string of the molecule is CNc1cc(Oc2ccc(Br)cc2)nc(C)n1. The molecule has 0 atom stereocenters. The molecule has 0 saturated carbocycles. The second kappa shape index (κ2) is 5.14. The third kappa shape index (κ3) is 3.17. The van der Waals surface area contributed by atoms with E-state index in [9.17, 15) is 0 Å². The zero-order chi connectivity index (χ0) is 12.3. The molecular weight excluding hydrogens is 282 g/mol. The Kier molecular flexibility index (Phi) is 3.58. The van der Waals surface area contributed by atoms with Crippen LogP contribution < -0.4 is 10.1 Å². The summed E-state index contributed by atoms with van der Waals surface area (Å²) in [6, 6.07) is 9.35. The molecule has 1 N–H and O–H groups in total. The fourth-order valence-electron chi connectivity index (χ4n) is 1.34. The molecule has 0 radical (unpaired) electrons. The molecule has 2 aromatic rings. The van der Waals surface area contributed by atoms with Crippen molar-refractivity contribution in [2.75, 3.05) is 12.4 Å². The Hall–Kier alpha value is -1.62. The van der Waals surface area contributed by atoms with E-state index in [4.69, 9.17) is 4.74 Å². The predicted octanol–water partition coefficient (Wildman–Crippen LogP) is 3.38. The molecule has 0 aliphatic heterocycles. The number of hydrogen-bond acceptors (Lipinski definition) is 4. The van der Waals surface area contributed by atoms with Gasteiger partial charge in [0.1, 0.15) is 17.4 Å². The molecule has 0 fully saturated rings. The quantitative estimate of drug-likeness (QED) is 0.942. The van der Waals surface area contributed by atoms with Crippen LogP contribution in [-0.2, 0) is 0 Å². The molecular formula is C12H12BrN3O. The highest BCUT2D eigenvalue weighted by Crippen LogP contribution is 2.23. The molecule has 0 aliphatic carbocycles. The van der Waals surface area contributed by atoms with Gasteiger partial charge in [0.05, 0.1) is 0 Å². The largest absolute Gasteiger partial charge is 0.439 e. The van der Waals surface area contributed by atoms with Gasteiger partial charge in [0, 0.05) is 17.6 Å². The average molecular weight is 294 g/mol. The molecule has 0 aliphatic rings. The molecule has 0 unspecified atom stereocenters.